The molecule has 13 heavy (non-hydrogen) atoms. The van der Waals surface area contributed by atoms with Crippen molar-refractivity contribution in [3.63, 3.8) is 0 Å². The van der Waals surface area contributed by atoms with Gasteiger partial charge >= 0.3 is 0 Å². The molecule has 0 bridgehead atoms. The van der Waals surface area contributed by atoms with Gasteiger partial charge in [0.1, 0.15) is 0 Å². The van der Waals surface area contributed by atoms with Gasteiger partial charge in [-0.3, -0.25) is 0 Å². The number of aliphatic hydroxyl groups is 1. The molecule has 0 heterocycles. The smallest absolute Gasteiger partial charge is 0.0693 e. The second-order valence-corrected chi connectivity index (χ2v) is 5.02. The van der Waals surface area contributed by atoms with Crippen LogP contribution in [0.2, 0.25) is 0 Å². The fraction of sp³-hybridized carbons (Fsp3) is 1.00. The zero-order chi connectivity index (χ0) is 9.31. The van der Waals surface area contributed by atoms with Crippen molar-refractivity contribution in [2.45, 2.75) is 69.6 Å². The molecule has 2 aliphatic rings. The summed E-state index contributed by atoms with van der Waals surface area (Å²) in [6.45, 7) is 2.29. The summed E-state index contributed by atoms with van der Waals surface area (Å²) >= 11 is 0. The van der Waals surface area contributed by atoms with E-state index >= 15 is 0 Å². The molecular formula is C11H21NO. The third-order valence-corrected chi connectivity index (χ3v) is 3.72. The van der Waals surface area contributed by atoms with Gasteiger partial charge in [-0.25, -0.2) is 0 Å². The Balaban J connectivity index is 1.85. The maximum absolute atomic E-state index is 9.79. The zero-order valence-corrected chi connectivity index (χ0v) is 8.55. The molecule has 0 radical (unpaired) electrons. The summed E-state index contributed by atoms with van der Waals surface area (Å²) < 4.78 is 0. The highest BCUT2D eigenvalue weighted by Gasteiger charge is 2.36. The van der Waals surface area contributed by atoms with E-state index in [9.17, 15) is 5.11 Å². The summed E-state index contributed by atoms with van der Waals surface area (Å²) in [6.07, 6.45) is 8.48. The fourth-order valence-electron chi connectivity index (χ4n) is 2.58. The molecule has 2 aliphatic carbocycles. The largest absolute Gasteiger partial charge is 0.392 e. The summed E-state index contributed by atoms with van der Waals surface area (Å²) in [7, 11) is 0. The molecule has 76 valence electrons. The Bertz CT molecular complexity index is 177. The highest BCUT2D eigenvalue weighted by atomic mass is 16.3. The molecule has 2 heteroatoms. The molecular weight excluding hydrogens is 162 g/mol. The Morgan fingerprint density at radius 3 is 2.38 bits per heavy atom. The third kappa shape index (κ3) is 2.05. The van der Waals surface area contributed by atoms with Gasteiger partial charge in [-0.1, -0.05) is 12.8 Å². The van der Waals surface area contributed by atoms with Crippen LogP contribution in [0.1, 0.15) is 51.9 Å². The average molecular weight is 183 g/mol. The lowest BCUT2D eigenvalue weighted by Gasteiger charge is -2.44. The zero-order valence-electron chi connectivity index (χ0n) is 8.55. The van der Waals surface area contributed by atoms with Crippen molar-refractivity contribution in [2.24, 2.45) is 0 Å². The van der Waals surface area contributed by atoms with E-state index < -0.39 is 0 Å². The van der Waals surface area contributed by atoms with Gasteiger partial charge in [0.05, 0.1) is 6.10 Å². The van der Waals surface area contributed by atoms with Gasteiger partial charge in [-0.2, -0.15) is 0 Å². The van der Waals surface area contributed by atoms with Crippen molar-refractivity contribution >= 4 is 0 Å². The van der Waals surface area contributed by atoms with E-state index in [4.69, 9.17) is 0 Å². The predicted molar refractivity (Wildman–Crippen MR) is 53.7 cm³/mol. The average Bonchev–Trinajstić information content (AvgIpc) is 2.06. The van der Waals surface area contributed by atoms with Gasteiger partial charge in [0.15, 0.2) is 0 Å². The van der Waals surface area contributed by atoms with E-state index in [2.05, 4.69) is 12.2 Å². The first kappa shape index (κ1) is 9.47. The monoisotopic (exact) mass is 183 g/mol. The SMILES string of the molecule is CC1(NC2CCCCC2O)CCC1. The third-order valence-electron chi connectivity index (χ3n) is 3.72. The molecule has 2 atom stereocenters. The molecule has 2 saturated carbocycles. The molecule has 0 saturated heterocycles. The Morgan fingerprint density at radius 2 is 1.85 bits per heavy atom. The summed E-state index contributed by atoms with van der Waals surface area (Å²) in [5, 5.41) is 13.4. The Kier molecular flexibility index (Phi) is 2.61. The maximum atomic E-state index is 9.79. The van der Waals surface area contributed by atoms with E-state index in [0.29, 0.717) is 11.6 Å². The van der Waals surface area contributed by atoms with Crippen molar-refractivity contribution in [3.8, 4) is 0 Å². The van der Waals surface area contributed by atoms with E-state index in [-0.39, 0.29) is 6.10 Å². The topological polar surface area (TPSA) is 32.3 Å². The van der Waals surface area contributed by atoms with Gasteiger partial charge in [0.2, 0.25) is 0 Å². The minimum absolute atomic E-state index is 0.0915. The molecule has 2 rings (SSSR count). The van der Waals surface area contributed by atoms with Crippen LogP contribution in [-0.4, -0.2) is 22.8 Å². The molecule has 0 aliphatic heterocycles. The minimum Gasteiger partial charge on any atom is -0.392 e. The summed E-state index contributed by atoms with van der Waals surface area (Å²) in [6, 6.07) is 0.374. The van der Waals surface area contributed by atoms with Gasteiger partial charge in [-0.15, -0.1) is 0 Å². The van der Waals surface area contributed by atoms with E-state index in [1.165, 1.54) is 32.1 Å². The second kappa shape index (κ2) is 3.58. The van der Waals surface area contributed by atoms with Crippen LogP contribution >= 0.6 is 0 Å². The van der Waals surface area contributed by atoms with Crippen molar-refractivity contribution < 1.29 is 5.11 Å². The van der Waals surface area contributed by atoms with Gasteiger partial charge in [0, 0.05) is 11.6 Å². The quantitative estimate of drug-likeness (QED) is 0.684. The lowest BCUT2D eigenvalue weighted by atomic mass is 9.77. The Labute approximate surface area is 80.7 Å². The normalized spacial score (nSPS) is 38.3. The maximum Gasteiger partial charge on any atom is 0.0693 e. The molecule has 0 amide bonds. The number of hydrogen-bond donors (Lipinski definition) is 2. The van der Waals surface area contributed by atoms with Crippen LogP contribution in [0.25, 0.3) is 0 Å². The summed E-state index contributed by atoms with van der Waals surface area (Å²) in [5.41, 5.74) is 0.350. The van der Waals surface area contributed by atoms with Crippen LogP contribution in [0.5, 0.6) is 0 Å². The van der Waals surface area contributed by atoms with Gasteiger partial charge in [-0.05, 0) is 39.0 Å². The van der Waals surface area contributed by atoms with Crippen LogP contribution in [0.15, 0.2) is 0 Å². The highest BCUT2D eigenvalue weighted by molar-refractivity contribution is 4.96. The summed E-state index contributed by atoms with van der Waals surface area (Å²) in [4.78, 5) is 0. The lowest BCUT2D eigenvalue weighted by Crippen LogP contribution is -2.56. The minimum atomic E-state index is -0.0915. The Hall–Kier alpha value is -0.0800. The van der Waals surface area contributed by atoms with Crippen molar-refractivity contribution in [1.29, 1.82) is 0 Å². The highest BCUT2D eigenvalue weighted by Crippen LogP contribution is 2.33. The molecule has 2 fully saturated rings. The van der Waals surface area contributed by atoms with E-state index in [1.54, 1.807) is 0 Å². The molecule has 0 aromatic rings. The van der Waals surface area contributed by atoms with Crippen molar-refractivity contribution in [1.82, 2.24) is 5.32 Å². The lowest BCUT2D eigenvalue weighted by molar-refractivity contribution is 0.0567. The first-order valence-corrected chi connectivity index (χ1v) is 5.65. The van der Waals surface area contributed by atoms with Crippen LogP contribution in [-0.2, 0) is 0 Å². The van der Waals surface area contributed by atoms with Gasteiger partial charge < -0.3 is 10.4 Å². The Morgan fingerprint density at radius 1 is 1.15 bits per heavy atom. The van der Waals surface area contributed by atoms with E-state index in [0.717, 1.165) is 12.8 Å². The molecule has 2 unspecified atom stereocenters. The van der Waals surface area contributed by atoms with Crippen molar-refractivity contribution in [2.75, 3.05) is 0 Å². The van der Waals surface area contributed by atoms with E-state index in [1.807, 2.05) is 0 Å². The standard InChI is InChI=1S/C11H21NO/c1-11(7-4-8-11)12-9-5-2-3-6-10(9)13/h9-10,12-13H,2-8H2,1H3. The number of hydrogen-bond acceptors (Lipinski definition) is 2. The predicted octanol–water partition coefficient (Wildman–Crippen LogP) is 1.82. The molecule has 0 aromatic heterocycles. The van der Waals surface area contributed by atoms with Crippen LogP contribution in [0.4, 0.5) is 0 Å². The first-order chi connectivity index (χ1) is 6.20. The molecule has 2 N–H and O–H groups in total. The second-order valence-electron chi connectivity index (χ2n) is 5.02. The number of nitrogens with one attached hydrogen (secondary N) is 1. The van der Waals surface area contributed by atoms with Crippen LogP contribution < -0.4 is 5.32 Å². The van der Waals surface area contributed by atoms with Crippen LogP contribution in [0.3, 0.4) is 0 Å². The molecule has 2 nitrogen and oxygen atoms in total. The molecule has 0 spiro atoms. The molecule has 0 aromatic carbocycles. The summed E-state index contributed by atoms with van der Waals surface area (Å²) in [5.74, 6) is 0. The number of rotatable bonds is 2. The van der Waals surface area contributed by atoms with Crippen molar-refractivity contribution in [3.05, 3.63) is 0 Å². The fourth-order valence-corrected chi connectivity index (χ4v) is 2.58. The first-order valence-electron chi connectivity index (χ1n) is 5.65. The van der Waals surface area contributed by atoms with Gasteiger partial charge in [0.25, 0.3) is 0 Å². The number of aliphatic hydroxyl groups excluding tert-OH is 1. The van der Waals surface area contributed by atoms with Crippen LogP contribution in [0, 0.1) is 0 Å².